The van der Waals surface area contributed by atoms with E-state index in [2.05, 4.69) is 9.47 Å². The van der Waals surface area contributed by atoms with Gasteiger partial charge in [0.1, 0.15) is 11.6 Å². The number of hydrogen-bond acceptors (Lipinski definition) is 3. The number of carbonyl (C=O) groups excluding carboxylic acids is 1. The second kappa shape index (κ2) is 6.05. The molecule has 0 aromatic heterocycles. The molecule has 0 bridgehead atoms. The van der Waals surface area contributed by atoms with Gasteiger partial charge in [0.2, 0.25) is 0 Å². The number of ether oxygens (including phenoxy) is 2. The van der Waals surface area contributed by atoms with Crippen LogP contribution in [-0.4, -0.2) is 19.4 Å². The second-order valence-electron chi connectivity index (χ2n) is 4.26. The quantitative estimate of drug-likeness (QED) is 0.630. The van der Waals surface area contributed by atoms with Crippen LogP contribution in [0.2, 0.25) is 0 Å². The fourth-order valence-electron chi connectivity index (χ4n) is 1.85. The highest BCUT2D eigenvalue weighted by molar-refractivity contribution is 5.90. The van der Waals surface area contributed by atoms with E-state index in [4.69, 9.17) is 0 Å². The third-order valence-corrected chi connectivity index (χ3v) is 2.77. The Labute approximate surface area is 123 Å². The molecule has 22 heavy (non-hydrogen) atoms. The topological polar surface area (TPSA) is 35.5 Å². The second-order valence-corrected chi connectivity index (χ2v) is 4.26. The maximum Gasteiger partial charge on any atom is 0.573 e. The van der Waals surface area contributed by atoms with Crippen molar-refractivity contribution in [1.82, 2.24) is 0 Å². The Balaban J connectivity index is 2.36. The molecule has 3 nitrogen and oxygen atoms in total. The molecule has 0 saturated heterocycles. The van der Waals surface area contributed by atoms with Gasteiger partial charge in [-0.3, -0.25) is 0 Å². The number of halogens is 4. The monoisotopic (exact) mass is 314 g/mol. The zero-order chi connectivity index (χ0) is 16.3. The molecule has 0 aliphatic rings. The van der Waals surface area contributed by atoms with E-state index in [0.29, 0.717) is 0 Å². The van der Waals surface area contributed by atoms with Crippen molar-refractivity contribution in [2.45, 2.75) is 6.36 Å². The van der Waals surface area contributed by atoms with E-state index in [9.17, 15) is 22.4 Å². The maximum atomic E-state index is 14.0. The Morgan fingerprint density at radius 1 is 1.09 bits per heavy atom. The number of methoxy groups -OCH3 is 1. The standard InChI is InChI=1S/C15H10F4O3/c1-21-14(20)10-5-6-12(13(16)8-10)9-3-2-4-11(7-9)22-15(17,18)19/h2-8H,1H3. The summed E-state index contributed by atoms with van der Waals surface area (Å²) >= 11 is 0. The van der Waals surface area contributed by atoms with Crippen molar-refractivity contribution < 1.29 is 31.8 Å². The number of alkyl halides is 3. The number of esters is 1. The molecule has 0 aliphatic heterocycles. The van der Waals surface area contributed by atoms with Gasteiger partial charge in [0.25, 0.3) is 0 Å². The first-order chi connectivity index (χ1) is 10.3. The molecule has 0 unspecified atom stereocenters. The molecular formula is C15H10F4O3. The van der Waals surface area contributed by atoms with E-state index in [-0.39, 0.29) is 16.7 Å². The van der Waals surface area contributed by atoms with Crippen LogP contribution in [0.25, 0.3) is 11.1 Å². The summed E-state index contributed by atoms with van der Waals surface area (Å²) in [6.07, 6.45) is -4.83. The van der Waals surface area contributed by atoms with E-state index in [0.717, 1.165) is 25.3 Å². The van der Waals surface area contributed by atoms with Crippen LogP contribution in [0.5, 0.6) is 5.75 Å². The van der Waals surface area contributed by atoms with Crippen LogP contribution in [0.3, 0.4) is 0 Å². The highest BCUT2D eigenvalue weighted by Crippen LogP contribution is 2.29. The van der Waals surface area contributed by atoms with Crippen LogP contribution < -0.4 is 4.74 Å². The molecule has 0 aliphatic carbocycles. The van der Waals surface area contributed by atoms with Crippen molar-refractivity contribution >= 4 is 5.97 Å². The number of carbonyl (C=O) groups is 1. The molecule has 7 heteroatoms. The van der Waals surface area contributed by atoms with Crippen LogP contribution in [0.15, 0.2) is 42.5 Å². The minimum absolute atomic E-state index is 0.00597. The SMILES string of the molecule is COC(=O)c1ccc(-c2cccc(OC(F)(F)F)c2)c(F)c1. The molecule has 0 radical (unpaired) electrons. The predicted octanol–water partition coefficient (Wildman–Crippen LogP) is 4.18. The Bertz CT molecular complexity index is 695. The Morgan fingerprint density at radius 2 is 1.82 bits per heavy atom. The van der Waals surface area contributed by atoms with Crippen LogP contribution in [0, 0.1) is 5.82 Å². The summed E-state index contributed by atoms with van der Waals surface area (Å²) in [7, 11) is 1.16. The largest absolute Gasteiger partial charge is 0.573 e. The average Bonchev–Trinajstić information content (AvgIpc) is 2.44. The normalized spacial score (nSPS) is 11.1. The predicted molar refractivity (Wildman–Crippen MR) is 69.9 cm³/mol. The number of hydrogen-bond donors (Lipinski definition) is 0. The van der Waals surface area contributed by atoms with Gasteiger partial charge in [-0.25, -0.2) is 9.18 Å². The van der Waals surface area contributed by atoms with Crippen molar-refractivity contribution in [3.63, 3.8) is 0 Å². The summed E-state index contributed by atoms with van der Waals surface area (Å²) in [5.74, 6) is -1.92. The fourth-order valence-corrected chi connectivity index (χ4v) is 1.85. The van der Waals surface area contributed by atoms with Gasteiger partial charge in [0, 0.05) is 5.56 Å². The molecule has 116 valence electrons. The lowest BCUT2D eigenvalue weighted by Gasteiger charge is -2.11. The zero-order valence-corrected chi connectivity index (χ0v) is 11.3. The number of benzene rings is 2. The van der Waals surface area contributed by atoms with Gasteiger partial charge >= 0.3 is 12.3 Å². The third-order valence-electron chi connectivity index (χ3n) is 2.77. The first-order valence-corrected chi connectivity index (χ1v) is 6.04. The first kappa shape index (κ1) is 15.8. The van der Waals surface area contributed by atoms with Gasteiger partial charge in [0.05, 0.1) is 12.7 Å². The zero-order valence-electron chi connectivity index (χ0n) is 11.3. The highest BCUT2D eigenvalue weighted by Gasteiger charge is 2.31. The number of rotatable bonds is 3. The van der Waals surface area contributed by atoms with Gasteiger partial charge in [0.15, 0.2) is 0 Å². The maximum absolute atomic E-state index is 14.0. The van der Waals surface area contributed by atoms with Crippen LogP contribution in [0.1, 0.15) is 10.4 Å². The molecule has 0 spiro atoms. The molecule has 0 saturated carbocycles. The highest BCUT2D eigenvalue weighted by atomic mass is 19.4. The smallest absolute Gasteiger partial charge is 0.465 e. The molecule has 2 aromatic carbocycles. The summed E-state index contributed by atoms with van der Waals surface area (Å²) in [6, 6.07) is 8.47. The van der Waals surface area contributed by atoms with Gasteiger partial charge in [-0.05, 0) is 29.8 Å². The Hall–Kier alpha value is -2.57. The van der Waals surface area contributed by atoms with E-state index in [1.54, 1.807) is 0 Å². The third kappa shape index (κ3) is 3.75. The lowest BCUT2D eigenvalue weighted by molar-refractivity contribution is -0.274. The lowest BCUT2D eigenvalue weighted by Crippen LogP contribution is -2.17. The Kier molecular flexibility index (Phi) is 4.35. The molecule has 0 N–H and O–H groups in total. The first-order valence-electron chi connectivity index (χ1n) is 6.04. The molecule has 0 fully saturated rings. The summed E-state index contributed by atoms with van der Waals surface area (Å²) < 4.78 is 58.8. The minimum atomic E-state index is -4.83. The molecular weight excluding hydrogens is 304 g/mol. The van der Waals surface area contributed by atoms with Crippen LogP contribution in [-0.2, 0) is 4.74 Å². The van der Waals surface area contributed by atoms with Gasteiger partial charge in [-0.15, -0.1) is 13.2 Å². The average molecular weight is 314 g/mol. The summed E-state index contributed by atoms with van der Waals surface area (Å²) in [6.45, 7) is 0. The lowest BCUT2D eigenvalue weighted by atomic mass is 10.0. The molecule has 0 amide bonds. The van der Waals surface area contributed by atoms with Crippen LogP contribution >= 0.6 is 0 Å². The van der Waals surface area contributed by atoms with Crippen molar-refractivity contribution in [3.05, 3.63) is 53.8 Å². The summed E-state index contributed by atoms with van der Waals surface area (Å²) in [4.78, 5) is 11.3. The molecule has 2 rings (SSSR count). The van der Waals surface area contributed by atoms with E-state index in [1.165, 1.54) is 24.3 Å². The van der Waals surface area contributed by atoms with Gasteiger partial charge < -0.3 is 9.47 Å². The molecule has 0 atom stereocenters. The summed E-state index contributed by atoms with van der Waals surface area (Å²) in [5, 5.41) is 0. The van der Waals surface area contributed by atoms with Crippen molar-refractivity contribution in [3.8, 4) is 16.9 Å². The van der Waals surface area contributed by atoms with E-state index >= 15 is 0 Å². The Morgan fingerprint density at radius 3 is 2.41 bits per heavy atom. The fraction of sp³-hybridized carbons (Fsp3) is 0.133. The molecule has 0 heterocycles. The van der Waals surface area contributed by atoms with Crippen molar-refractivity contribution in [1.29, 1.82) is 0 Å². The van der Waals surface area contributed by atoms with Gasteiger partial charge in [-0.2, -0.15) is 0 Å². The van der Waals surface area contributed by atoms with Crippen molar-refractivity contribution in [2.24, 2.45) is 0 Å². The minimum Gasteiger partial charge on any atom is -0.465 e. The van der Waals surface area contributed by atoms with Crippen LogP contribution in [0.4, 0.5) is 17.6 Å². The van der Waals surface area contributed by atoms with E-state index in [1.807, 2.05) is 0 Å². The van der Waals surface area contributed by atoms with Gasteiger partial charge in [-0.1, -0.05) is 18.2 Å². The molecule has 2 aromatic rings. The summed E-state index contributed by atoms with van der Waals surface area (Å²) in [5.41, 5.74) is 0.238. The van der Waals surface area contributed by atoms with E-state index < -0.39 is 23.9 Å². The van der Waals surface area contributed by atoms with Crippen molar-refractivity contribution in [2.75, 3.05) is 7.11 Å².